The van der Waals surface area contributed by atoms with Crippen molar-refractivity contribution in [1.29, 1.82) is 0 Å². The predicted octanol–water partition coefficient (Wildman–Crippen LogP) is 5.09. The van der Waals surface area contributed by atoms with Crippen LogP contribution in [0.15, 0.2) is 91.2 Å². The second-order valence-electron chi connectivity index (χ2n) is 7.64. The van der Waals surface area contributed by atoms with E-state index >= 15 is 0 Å². The molecule has 6 rings (SSSR count). The van der Waals surface area contributed by atoms with Crippen molar-refractivity contribution >= 4 is 27.6 Å². The van der Waals surface area contributed by atoms with E-state index in [2.05, 4.69) is 0 Å². The summed E-state index contributed by atoms with van der Waals surface area (Å²) >= 11 is 0. The zero-order valence-electron chi connectivity index (χ0n) is 16.8. The molecule has 0 N–H and O–H groups in total. The highest BCUT2D eigenvalue weighted by Gasteiger charge is 2.38. The molecule has 5 aromatic rings. The van der Waals surface area contributed by atoms with E-state index < -0.39 is 22.1 Å². The zero-order valence-corrected chi connectivity index (χ0v) is 16.8. The molecule has 0 bridgehead atoms. The highest BCUT2D eigenvalue weighted by atomic mass is 16.6. The molecule has 8 nitrogen and oxygen atoms in total. The third-order valence-electron chi connectivity index (χ3n) is 5.79. The maximum absolute atomic E-state index is 13.2. The summed E-state index contributed by atoms with van der Waals surface area (Å²) in [5.74, 6) is -0.478. The van der Waals surface area contributed by atoms with E-state index in [1.54, 1.807) is 54.6 Å². The van der Waals surface area contributed by atoms with Gasteiger partial charge in [-0.2, -0.15) is 0 Å². The van der Waals surface area contributed by atoms with Crippen LogP contribution in [-0.4, -0.2) is 4.92 Å². The van der Waals surface area contributed by atoms with Crippen LogP contribution >= 0.6 is 0 Å². The van der Waals surface area contributed by atoms with Crippen LogP contribution < -0.4 is 16.0 Å². The minimum Gasteiger partial charge on any atom is -0.455 e. The fourth-order valence-corrected chi connectivity index (χ4v) is 4.39. The van der Waals surface area contributed by atoms with Crippen LogP contribution in [0.4, 0.5) is 5.69 Å². The SMILES string of the molecule is O=c1oc2ccccc2c2c1C(c1cccc([N+](=O)[O-])c1)c1c(c3ccccc3oc1=O)O2. The van der Waals surface area contributed by atoms with Gasteiger partial charge in [0.2, 0.25) is 0 Å². The van der Waals surface area contributed by atoms with Gasteiger partial charge in [0.25, 0.3) is 5.69 Å². The zero-order chi connectivity index (χ0) is 22.7. The number of fused-ring (bicyclic) bond motifs is 6. The lowest BCUT2D eigenvalue weighted by Crippen LogP contribution is -2.26. The number of nitro benzene ring substituents is 1. The van der Waals surface area contributed by atoms with Crippen molar-refractivity contribution < 1.29 is 18.5 Å². The maximum atomic E-state index is 13.2. The third-order valence-corrected chi connectivity index (χ3v) is 5.79. The summed E-state index contributed by atoms with van der Waals surface area (Å²) in [4.78, 5) is 37.2. The molecule has 0 atom stereocenters. The number of hydrogen-bond acceptors (Lipinski definition) is 7. The molecule has 8 heteroatoms. The highest BCUT2D eigenvalue weighted by Crippen LogP contribution is 2.49. The number of ether oxygens (including phenoxy) is 1. The fourth-order valence-electron chi connectivity index (χ4n) is 4.39. The Morgan fingerprint density at radius 2 is 1.27 bits per heavy atom. The summed E-state index contributed by atoms with van der Waals surface area (Å²) < 4.78 is 17.3. The molecule has 0 amide bonds. The summed E-state index contributed by atoms with van der Waals surface area (Å²) in [5.41, 5.74) is -0.354. The van der Waals surface area contributed by atoms with Gasteiger partial charge in [-0.1, -0.05) is 36.4 Å². The minimum absolute atomic E-state index is 0.0873. The van der Waals surface area contributed by atoms with Gasteiger partial charge in [0, 0.05) is 12.1 Å². The van der Waals surface area contributed by atoms with Gasteiger partial charge in [0.15, 0.2) is 0 Å². The van der Waals surface area contributed by atoms with Crippen molar-refractivity contribution in [3.8, 4) is 11.5 Å². The molecule has 0 aliphatic carbocycles. The molecule has 0 spiro atoms. The maximum Gasteiger partial charge on any atom is 0.344 e. The quantitative estimate of drug-likeness (QED) is 0.210. The minimum atomic E-state index is -0.981. The first-order valence-electron chi connectivity index (χ1n) is 10.1. The number of nitrogens with zero attached hydrogens (tertiary/aromatic N) is 1. The molecule has 0 saturated heterocycles. The Bertz CT molecular complexity index is 1630. The Kier molecular flexibility index (Phi) is 3.97. The molecule has 2 aromatic heterocycles. The molecule has 0 radical (unpaired) electrons. The number of benzene rings is 3. The van der Waals surface area contributed by atoms with Gasteiger partial charge in [-0.3, -0.25) is 10.1 Å². The first-order chi connectivity index (χ1) is 16.0. The van der Waals surface area contributed by atoms with Gasteiger partial charge in [-0.15, -0.1) is 0 Å². The summed E-state index contributed by atoms with van der Waals surface area (Å²) in [6, 6.07) is 19.6. The summed E-state index contributed by atoms with van der Waals surface area (Å²) in [6.07, 6.45) is 0. The highest BCUT2D eigenvalue weighted by molar-refractivity contribution is 5.90. The van der Waals surface area contributed by atoms with Crippen LogP contribution in [0, 0.1) is 10.1 Å². The van der Waals surface area contributed by atoms with Crippen LogP contribution in [0.1, 0.15) is 22.6 Å². The average molecular weight is 439 g/mol. The lowest BCUT2D eigenvalue weighted by atomic mass is 9.83. The van der Waals surface area contributed by atoms with Crippen LogP contribution in [0.2, 0.25) is 0 Å². The number of hydrogen-bond donors (Lipinski definition) is 0. The third kappa shape index (κ3) is 2.77. The van der Waals surface area contributed by atoms with Gasteiger partial charge < -0.3 is 13.6 Å². The largest absolute Gasteiger partial charge is 0.455 e. The summed E-state index contributed by atoms with van der Waals surface area (Å²) in [7, 11) is 0. The van der Waals surface area contributed by atoms with E-state index in [4.69, 9.17) is 13.6 Å². The van der Waals surface area contributed by atoms with Crippen molar-refractivity contribution in [2.24, 2.45) is 0 Å². The van der Waals surface area contributed by atoms with Crippen molar-refractivity contribution in [3.63, 3.8) is 0 Å². The van der Waals surface area contributed by atoms with E-state index in [9.17, 15) is 19.7 Å². The molecule has 160 valence electrons. The molecule has 1 aliphatic heterocycles. The fraction of sp³-hybridized carbons (Fsp3) is 0.0400. The Morgan fingerprint density at radius 3 is 1.82 bits per heavy atom. The van der Waals surface area contributed by atoms with Crippen molar-refractivity contribution in [2.75, 3.05) is 0 Å². The van der Waals surface area contributed by atoms with Crippen LogP contribution in [0.25, 0.3) is 21.9 Å². The monoisotopic (exact) mass is 439 g/mol. The van der Waals surface area contributed by atoms with Gasteiger partial charge >= 0.3 is 11.3 Å². The molecule has 0 unspecified atom stereocenters. The molecular formula is C25H13NO7. The number of para-hydroxylation sites is 2. The average Bonchev–Trinajstić information content (AvgIpc) is 2.83. The van der Waals surface area contributed by atoms with E-state index in [-0.39, 0.29) is 28.3 Å². The van der Waals surface area contributed by atoms with Crippen LogP contribution in [0.3, 0.4) is 0 Å². The van der Waals surface area contributed by atoms with E-state index in [1.807, 2.05) is 0 Å². The molecule has 0 fully saturated rings. The van der Waals surface area contributed by atoms with Crippen LogP contribution in [-0.2, 0) is 0 Å². The van der Waals surface area contributed by atoms with Gasteiger partial charge in [0.05, 0.1) is 32.7 Å². The molecule has 1 aliphatic rings. The van der Waals surface area contributed by atoms with Crippen molar-refractivity contribution in [2.45, 2.75) is 5.92 Å². The first-order valence-corrected chi connectivity index (χ1v) is 10.1. The normalized spacial score (nSPS) is 12.8. The summed E-state index contributed by atoms with van der Waals surface area (Å²) in [5, 5.41) is 12.5. The Hall–Kier alpha value is -4.72. The molecular weight excluding hydrogens is 426 g/mol. The number of nitro groups is 1. The van der Waals surface area contributed by atoms with E-state index in [1.165, 1.54) is 18.2 Å². The Labute approximate surface area is 184 Å². The second kappa shape index (κ2) is 6.89. The van der Waals surface area contributed by atoms with Gasteiger partial charge in [-0.25, -0.2) is 9.59 Å². The lowest BCUT2D eigenvalue weighted by molar-refractivity contribution is -0.384. The van der Waals surface area contributed by atoms with Crippen molar-refractivity contribution in [3.05, 3.63) is 120 Å². The van der Waals surface area contributed by atoms with E-state index in [0.29, 0.717) is 27.5 Å². The molecule has 3 aromatic carbocycles. The second-order valence-corrected chi connectivity index (χ2v) is 7.64. The topological polar surface area (TPSA) is 113 Å². The number of non-ortho nitro benzene ring substituents is 1. The molecule has 33 heavy (non-hydrogen) atoms. The summed E-state index contributed by atoms with van der Waals surface area (Å²) in [6.45, 7) is 0. The molecule has 0 saturated carbocycles. The van der Waals surface area contributed by atoms with E-state index in [0.717, 1.165) is 0 Å². The Morgan fingerprint density at radius 1 is 0.727 bits per heavy atom. The van der Waals surface area contributed by atoms with Gasteiger partial charge in [-0.05, 0) is 29.8 Å². The van der Waals surface area contributed by atoms with Gasteiger partial charge in [0.1, 0.15) is 22.7 Å². The standard InChI is InChI=1S/C25H13NO7/c27-24-20-19(13-6-5-7-14(12-13)26(29)30)21-23(16-9-2-4-11-18(16)32-25(21)28)33-22(20)15-8-1-3-10-17(15)31-24/h1-12,19H. The number of rotatable bonds is 2. The van der Waals surface area contributed by atoms with Crippen molar-refractivity contribution in [1.82, 2.24) is 0 Å². The lowest BCUT2D eigenvalue weighted by Gasteiger charge is -2.27. The van der Waals surface area contributed by atoms with Crippen LogP contribution in [0.5, 0.6) is 11.5 Å². The Balaban J connectivity index is 1.78. The smallest absolute Gasteiger partial charge is 0.344 e. The molecule has 3 heterocycles. The first kappa shape index (κ1) is 19.0. The predicted molar refractivity (Wildman–Crippen MR) is 119 cm³/mol.